The Morgan fingerprint density at radius 3 is 2.34 bits per heavy atom. The van der Waals surface area contributed by atoms with E-state index in [1.807, 2.05) is 6.07 Å². The summed E-state index contributed by atoms with van der Waals surface area (Å²) in [5, 5.41) is 11.6. The normalized spacial score (nSPS) is 10.6. The van der Waals surface area contributed by atoms with Crippen molar-refractivity contribution in [3.8, 4) is 23.3 Å². The van der Waals surface area contributed by atoms with Crippen molar-refractivity contribution in [2.45, 2.75) is 39.7 Å². The zero-order chi connectivity index (χ0) is 23.6. The van der Waals surface area contributed by atoms with Gasteiger partial charge in [0.05, 0.1) is 30.4 Å². The van der Waals surface area contributed by atoms with Crippen LogP contribution in [-0.4, -0.2) is 37.4 Å². The van der Waals surface area contributed by atoms with Crippen LogP contribution < -0.4 is 14.8 Å². The number of carbonyl (C=O) groups is 2. The fraction of sp³-hybridized carbons (Fsp3) is 0.375. The Hall–Kier alpha value is -3.73. The summed E-state index contributed by atoms with van der Waals surface area (Å²) < 4.78 is 21.8. The highest BCUT2D eigenvalue weighted by atomic mass is 16.6. The summed E-state index contributed by atoms with van der Waals surface area (Å²) in [6.07, 6.45) is 0.0502. The Kier molecular flexibility index (Phi) is 8.90. The van der Waals surface area contributed by atoms with Crippen molar-refractivity contribution in [3.63, 3.8) is 0 Å². The number of nitrogens with one attached hydrogen (secondary N) is 1. The first-order valence-corrected chi connectivity index (χ1v) is 10.3. The molecule has 0 atom stereocenters. The molecule has 1 amide bonds. The van der Waals surface area contributed by atoms with Gasteiger partial charge in [0.1, 0.15) is 22.8 Å². The van der Waals surface area contributed by atoms with Gasteiger partial charge in [-0.3, -0.25) is 0 Å². The van der Waals surface area contributed by atoms with Gasteiger partial charge < -0.3 is 24.3 Å². The third kappa shape index (κ3) is 8.56. The average Bonchev–Trinajstić information content (AvgIpc) is 2.73. The Labute approximate surface area is 188 Å². The van der Waals surface area contributed by atoms with Crippen molar-refractivity contribution in [2.75, 3.05) is 19.8 Å². The highest BCUT2D eigenvalue weighted by Gasteiger charge is 2.15. The Balaban J connectivity index is 2.01. The Morgan fingerprint density at radius 1 is 1.03 bits per heavy atom. The first kappa shape index (κ1) is 24.5. The monoisotopic (exact) mass is 440 g/mol. The predicted molar refractivity (Wildman–Crippen MR) is 118 cm³/mol. The molecule has 2 rings (SSSR count). The number of hydrogen-bond acceptors (Lipinski definition) is 7. The van der Waals surface area contributed by atoms with E-state index >= 15 is 0 Å². The van der Waals surface area contributed by atoms with E-state index in [4.69, 9.17) is 24.2 Å². The number of nitrogens with zero attached hydrogens (tertiary/aromatic N) is 1. The number of nitriles is 1. The van der Waals surface area contributed by atoms with Gasteiger partial charge in [-0.2, -0.15) is 5.26 Å². The lowest BCUT2D eigenvalue weighted by Gasteiger charge is -2.19. The van der Waals surface area contributed by atoms with Gasteiger partial charge in [0, 0.05) is 12.6 Å². The van der Waals surface area contributed by atoms with Gasteiger partial charge in [0.15, 0.2) is 0 Å². The fourth-order valence-electron chi connectivity index (χ4n) is 2.55. The number of carbonyl (C=O) groups excluding carboxylic acids is 2. The smallest absolute Gasteiger partial charge is 0.407 e. The molecule has 32 heavy (non-hydrogen) atoms. The maximum absolute atomic E-state index is 12.2. The first-order chi connectivity index (χ1) is 15.2. The predicted octanol–water partition coefficient (Wildman–Crippen LogP) is 4.82. The van der Waals surface area contributed by atoms with E-state index in [0.29, 0.717) is 47.9 Å². The molecule has 8 heteroatoms. The van der Waals surface area contributed by atoms with E-state index in [1.54, 1.807) is 70.2 Å². The molecule has 0 fully saturated rings. The molecule has 170 valence electrons. The molecule has 8 nitrogen and oxygen atoms in total. The molecule has 2 aromatic rings. The second-order valence-electron chi connectivity index (χ2n) is 7.78. The van der Waals surface area contributed by atoms with E-state index in [-0.39, 0.29) is 6.61 Å². The third-order valence-corrected chi connectivity index (χ3v) is 3.87. The summed E-state index contributed by atoms with van der Waals surface area (Å²) in [5.74, 6) is 0.838. The molecule has 0 saturated carbocycles. The van der Waals surface area contributed by atoms with Crippen LogP contribution in [0.5, 0.6) is 17.2 Å². The lowest BCUT2D eigenvalue weighted by molar-refractivity contribution is 0.0513. The standard InChI is InChI=1S/C24H28N2O6/c1-5-29-22(27)18-13-20(30-12-6-11-26-23(28)32-24(2,3)4)15-21(14-18)31-19-9-7-17(16-25)8-10-19/h7-10,13-15H,5-6,11-12H2,1-4H3,(H,26,28). The van der Waals surface area contributed by atoms with E-state index in [1.165, 1.54) is 0 Å². The van der Waals surface area contributed by atoms with Gasteiger partial charge in [0.2, 0.25) is 0 Å². The van der Waals surface area contributed by atoms with Crippen molar-refractivity contribution in [3.05, 3.63) is 53.6 Å². The molecule has 0 bridgehead atoms. The highest BCUT2D eigenvalue weighted by molar-refractivity contribution is 5.90. The summed E-state index contributed by atoms with van der Waals surface area (Å²) in [6.45, 7) is 8.03. The van der Waals surface area contributed by atoms with Crippen LogP contribution in [0.15, 0.2) is 42.5 Å². The van der Waals surface area contributed by atoms with Gasteiger partial charge in [-0.05, 0) is 70.5 Å². The van der Waals surface area contributed by atoms with Gasteiger partial charge >= 0.3 is 12.1 Å². The number of ether oxygens (including phenoxy) is 4. The number of amides is 1. The molecule has 2 aromatic carbocycles. The fourth-order valence-corrected chi connectivity index (χ4v) is 2.55. The van der Waals surface area contributed by atoms with E-state index in [2.05, 4.69) is 5.32 Å². The minimum Gasteiger partial charge on any atom is -0.493 e. The number of rotatable bonds is 9. The summed E-state index contributed by atoms with van der Waals surface area (Å²) in [6, 6.07) is 13.4. The van der Waals surface area contributed by atoms with Crippen LogP contribution in [0.1, 0.15) is 50.0 Å². The second kappa shape index (κ2) is 11.6. The van der Waals surface area contributed by atoms with Crippen LogP contribution >= 0.6 is 0 Å². The zero-order valence-electron chi connectivity index (χ0n) is 18.8. The van der Waals surface area contributed by atoms with Crippen LogP contribution in [-0.2, 0) is 9.47 Å². The highest BCUT2D eigenvalue weighted by Crippen LogP contribution is 2.28. The maximum Gasteiger partial charge on any atom is 0.407 e. The summed E-state index contributed by atoms with van der Waals surface area (Å²) in [7, 11) is 0. The molecule has 0 radical (unpaired) electrons. The summed E-state index contributed by atoms with van der Waals surface area (Å²) >= 11 is 0. The zero-order valence-corrected chi connectivity index (χ0v) is 18.8. The minimum atomic E-state index is -0.556. The van der Waals surface area contributed by atoms with Crippen molar-refractivity contribution in [1.29, 1.82) is 5.26 Å². The molecular formula is C24H28N2O6. The SMILES string of the molecule is CCOC(=O)c1cc(OCCCNC(=O)OC(C)(C)C)cc(Oc2ccc(C#N)cc2)c1. The van der Waals surface area contributed by atoms with Gasteiger partial charge in [-0.1, -0.05) is 0 Å². The lowest BCUT2D eigenvalue weighted by atomic mass is 10.2. The van der Waals surface area contributed by atoms with Crippen molar-refractivity contribution in [1.82, 2.24) is 5.32 Å². The molecule has 0 heterocycles. The van der Waals surface area contributed by atoms with Gasteiger partial charge in [-0.15, -0.1) is 0 Å². The lowest BCUT2D eigenvalue weighted by Crippen LogP contribution is -2.33. The molecule has 0 unspecified atom stereocenters. The van der Waals surface area contributed by atoms with Crippen LogP contribution in [0.25, 0.3) is 0 Å². The average molecular weight is 440 g/mol. The molecule has 0 aliphatic rings. The van der Waals surface area contributed by atoms with Crippen LogP contribution in [0, 0.1) is 11.3 Å². The minimum absolute atomic E-state index is 0.242. The largest absolute Gasteiger partial charge is 0.493 e. The van der Waals surface area contributed by atoms with Gasteiger partial charge in [-0.25, -0.2) is 9.59 Å². The van der Waals surface area contributed by atoms with Gasteiger partial charge in [0.25, 0.3) is 0 Å². The molecular weight excluding hydrogens is 412 g/mol. The van der Waals surface area contributed by atoms with Crippen LogP contribution in [0.4, 0.5) is 4.79 Å². The van der Waals surface area contributed by atoms with E-state index < -0.39 is 17.7 Å². The number of esters is 1. The Morgan fingerprint density at radius 2 is 1.72 bits per heavy atom. The third-order valence-electron chi connectivity index (χ3n) is 3.87. The molecule has 0 aliphatic carbocycles. The molecule has 1 N–H and O–H groups in total. The molecule has 0 saturated heterocycles. The second-order valence-corrected chi connectivity index (χ2v) is 7.78. The van der Waals surface area contributed by atoms with Crippen molar-refractivity contribution < 1.29 is 28.5 Å². The quantitative estimate of drug-likeness (QED) is 0.440. The molecule has 0 aromatic heterocycles. The van der Waals surface area contributed by atoms with E-state index in [0.717, 1.165) is 0 Å². The molecule has 0 aliphatic heterocycles. The van der Waals surface area contributed by atoms with Crippen LogP contribution in [0.2, 0.25) is 0 Å². The maximum atomic E-state index is 12.2. The summed E-state index contributed by atoms with van der Waals surface area (Å²) in [4.78, 5) is 23.9. The first-order valence-electron chi connectivity index (χ1n) is 10.3. The molecule has 0 spiro atoms. The van der Waals surface area contributed by atoms with Crippen LogP contribution in [0.3, 0.4) is 0 Å². The summed E-state index contributed by atoms with van der Waals surface area (Å²) in [5.41, 5.74) is 0.251. The number of alkyl carbamates (subject to hydrolysis) is 1. The van der Waals surface area contributed by atoms with Crippen molar-refractivity contribution in [2.24, 2.45) is 0 Å². The number of benzene rings is 2. The topological polar surface area (TPSA) is 107 Å². The van der Waals surface area contributed by atoms with Crippen molar-refractivity contribution >= 4 is 12.1 Å². The van der Waals surface area contributed by atoms with E-state index in [9.17, 15) is 9.59 Å². The Bertz CT molecular complexity index is 958. The number of hydrogen-bond donors (Lipinski definition) is 1.